The van der Waals surface area contributed by atoms with Crippen LogP contribution in [0.1, 0.15) is 27.1 Å². The third-order valence-electron chi connectivity index (χ3n) is 3.87. The number of amides is 2. The van der Waals surface area contributed by atoms with E-state index in [1.54, 1.807) is 62.8 Å². The third-order valence-corrected chi connectivity index (χ3v) is 3.87. The quantitative estimate of drug-likeness (QED) is 0.580. The molecule has 2 rings (SSSR count). The van der Waals surface area contributed by atoms with E-state index < -0.39 is 0 Å². The van der Waals surface area contributed by atoms with Gasteiger partial charge in [-0.15, -0.1) is 0 Å². The van der Waals surface area contributed by atoms with Crippen LogP contribution >= 0.6 is 0 Å². The number of rotatable bonds is 11. The van der Waals surface area contributed by atoms with Gasteiger partial charge in [0.25, 0.3) is 11.8 Å². The van der Waals surface area contributed by atoms with Gasteiger partial charge in [-0.05, 0) is 48.9 Å². The fraction of sp³-hybridized carbons (Fsp3) is 0.333. The fourth-order valence-electron chi connectivity index (χ4n) is 2.41. The Hall–Kier alpha value is -2.90. The number of benzene rings is 2. The van der Waals surface area contributed by atoms with Gasteiger partial charge in [0.1, 0.15) is 12.4 Å². The second-order valence-electron chi connectivity index (χ2n) is 6.00. The second kappa shape index (κ2) is 11.7. The molecule has 2 aromatic rings. The van der Waals surface area contributed by atoms with Crippen LogP contribution in [0.5, 0.6) is 5.75 Å². The molecule has 7 heteroatoms. The molecule has 0 unspecified atom stereocenters. The van der Waals surface area contributed by atoms with Gasteiger partial charge in [0.15, 0.2) is 0 Å². The molecule has 0 spiro atoms. The zero-order valence-corrected chi connectivity index (χ0v) is 16.2. The predicted molar refractivity (Wildman–Crippen MR) is 107 cm³/mol. The molecule has 0 bridgehead atoms. The second-order valence-corrected chi connectivity index (χ2v) is 6.00. The van der Waals surface area contributed by atoms with Crippen molar-refractivity contribution in [2.45, 2.75) is 6.42 Å². The maximum atomic E-state index is 12.4. The summed E-state index contributed by atoms with van der Waals surface area (Å²) in [6, 6.07) is 13.6. The minimum Gasteiger partial charge on any atom is -0.491 e. The van der Waals surface area contributed by atoms with Crippen molar-refractivity contribution in [2.75, 3.05) is 45.9 Å². The van der Waals surface area contributed by atoms with Crippen molar-refractivity contribution >= 4 is 17.5 Å². The summed E-state index contributed by atoms with van der Waals surface area (Å²) < 4.78 is 15.4. The first-order valence-electron chi connectivity index (χ1n) is 9.04. The maximum absolute atomic E-state index is 12.4. The first-order valence-corrected chi connectivity index (χ1v) is 9.04. The molecule has 0 aliphatic carbocycles. The van der Waals surface area contributed by atoms with Crippen LogP contribution in [-0.4, -0.2) is 52.4 Å². The number of anilines is 1. The molecule has 2 aromatic carbocycles. The lowest BCUT2D eigenvalue weighted by molar-refractivity contribution is 0.0947. The Morgan fingerprint density at radius 2 is 1.61 bits per heavy atom. The third kappa shape index (κ3) is 7.02. The van der Waals surface area contributed by atoms with E-state index in [0.717, 1.165) is 6.42 Å². The topological polar surface area (TPSA) is 85.9 Å². The standard InChI is InChI=1S/C21H26N2O5/c1-26-12-4-11-22-20(24)17-5-3-6-18(15-17)23-21(25)16-7-9-19(10-8-16)28-14-13-27-2/h3,5-10,15H,4,11-14H2,1-2H3,(H,22,24)(H,23,25). The minimum absolute atomic E-state index is 0.190. The molecule has 2 N–H and O–H groups in total. The molecule has 0 fully saturated rings. The molecule has 0 aromatic heterocycles. The smallest absolute Gasteiger partial charge is 0.255 e. The van der Waals surface area contributed by atoms with E-state index in [-0.39, 0.29) is 11.8 Å². The minimum atomic E-state index is -0.263. The summed E-state index contributed by atoms with van der Waals surface area (Å²) >= 11 is 0. The van der Waals surface area contributed by atoms with Gasteiger partial charge in [0.2, 0.25) is 0 Å². The van der Waals surface area contributed by atoms with Gasteiger partial charge in [-0.1, -0.05) is 6.07 Å². The van der Waals surface area contributed by atoms with Crippen LogP contribution in [0.4, 0.5) is 5.69 Å². The van der Waals surface area contributed by atoms with Crippen molar-refractivity contribution in [2.24, 2.45) is 0 Å². The summed E-state index contributed by atoms with van der Waals surface area (Å²) in [7, 11) is 3.23. The van der Waals surface area contributed by atoms with E-state index in [2.05, 4.69) is 10.6 Å². The highest BCUT2D eigenvalue weighted by Gasteiger charge is 2.09. The molecule has 0 aliphatic heterocycles. The molecular formula is C21H26N2O5. The lowest BCUT2D eigenvalue weighted by Gasteiger charge is -2.09. The van der Waals surface area contributed by atoms with E-state index in [1.165, 1.54) is 0 Å². The van der Waals surface area contributed by atoms with Crippen LogP contribution in [0.3, 0.4) is 0 Å². The van der Waals surface area contributed by atoms with Gasteiger partial charge >= 0.3 is 0 Å². The Labute approximate surface area is 165 Å². The zero-order chi connectivity index (χ0) is 20.2. The van der Waals surface area contributed by atoms with Crippen molar-refractivity contribution in [1.29, 1.82) is 0 Å². The van der Waals surface area contributed by atoms with Gasteiger partial charge in [0.05, 0.1) is 6.61 Å². The van der Waals surface area contributed by atoms with Crippen LogP contribution in [0, 0.1) is 0 Å². The first-order chi connectivity index (χ1) is 13.6. The lowest BCUT2D eigenvalue weighted by Crippen LogP contribution is -2.25. The highest BCUT2D eigenvalue weighted by atomic mass is 16.5. The maximum Gasteiger partial charge on any atom is 0.255 e. The van der Waals surface area contributed by atoms with Gasteiger partial charge < -0.3 is 24.8 Å². The predicted octanol–water partition coefficient (Wildman–Crippen LogP) is 2.73. The van der Waals surface area contributed by atoms with Crippen LogP contribution in [-0.2, 0) is 9.47 Å². The van der Waals surface area contributed by atoms with Gasteiger partial charge in [-0.2, -0.15) is 0 Å². The highest BCUT2D eigenvalue weighted by molar-refractivity contribution is 6.05. The molecular weight excluding hydrogens is 360 g/mol. The molecule has 0 atom stereocenters. The Bertz CT molecular complexity index is 762. The number of methoxy groups -OCH3 is 2. The lowest BCUT2D eigenvalue weighted by atomic mass is 10.1. The van der Waals surface area contributed by atoms with Crippen molar-refractivity contribution < 1.29 is 23.8 Å². The Morgan fingerprint density at radius 3 is 2.32 bits per heavy atom. The number of ether oxygens (including phenoxy) is 3. The summed E-state index contributed by atoms with van der Waals surface area (Å²) in [4.78, 5) is 24.6. The number of hydrogen-bond donors (Lipinski definition) is 2. The van der Waals surface area contributed by atoms with Crippen molar-refractivity contribution in [3.63, 3.8) is 0 Å². The Balaban J connectivity index is 1.92. The molecule has 0 aliphatic rings. The fourth-order valence-corrected chi connectivity index (χ4v) is 2.41. The molecule has 2 amide bonds. The van der Waals surface area contributed by atoms with E-state index in [9.17, 15) is 9.59 Å². The van der Waals surface area contributed by atoms with E-state index >= 15 is 0 Å². The largest absolute Gasteiger partial charge is 0.491 e. The van der Waals surface area contributed by atoms with Gasteiger partial charge in [-0.25, -0.2) is 0 Å². The highest BCUT2D eigenvalue weighted by Crippen LogP contribution is 2.15. The van der Waals surface area contributed by atoms with Gasteiger partial charge in [0, 0.05) is 44.2 Å². The van der Waals surface area contributed by atoms with E-state index in [4.69, 9.17) is 14.2 Å². The molecule has 0 saturated heterocycles. The zero-order valence-electron chi connectivity index (χ0n) is 16.2. The van der Waals surface area contributed by atoms with Crippen LogP contribution in [0.25, 0.3) is 0 Å². The first kappa shape index (κ1) is 21.4. The molecule has 0 heterocycles. The average molecular weight is 386 g/mol. The van der Waals surface area contributed by atoms with Crippen LogP contribution in [0.2, 0.25) is 0 Å². The molecule has 28 heavy (non-hydrogen) atoms. The van der Waals surface area contributed by atoms with Crippen LogP contribution in [0.15, 0.2) is 48.5 Å². The summed E-state index contributed by atoms with van der Waals surface area (Å²) in [6.07, 6.45) is 0.740. The summed E-state index contributed by atoms with van der Waals surface area (Å²) in [6.45, 7) is 2.07. The van der Waals surface area contributed by atoms with Gasteiger partial charge in [-0.3, -0.25) is 9.59 Å². The molecule has 150 valence electrons. The van der Waals surface area contributed by atoms with Crippen LogP contribution < -0.4 is 15.4 Å². The summed E-state index contributed by atoms with van der Waals surface area (Å²) in [5.74, 6) is 0.214. The Morgan fingerprint density at radius 1 is 0.857 bits per heavy atom. The number of carbonyl (C=O) groups excluding carboxylic acids is 2. The molecule has 7 nitrogen and oxygen atoms in total. The van der Waals surface area contributed by atoms with Crippen molar-refractivity contribution in [1.82, 2.24) is 5.32 Å². The number of hydrogen-bond acceptors (Lipinski definition) is 5. The van der Waals surface area contributed by atoms with Crippen molar-refractivity contribution in [3.8, 4) is 5.75 Å². The summed E-state index contributed by atoms with van der Waals surface area (Å²) in [5.41, 5.74) is 1.53. The van der Waals surface area contributed by atoms with E-state index in [1.807, 2.05) is 0 Å². The number of carbonyl (C=O) groups is 2. The number of nitrogens with one attached hydrogen (secondary N) is 2. The SMILES string of the molecule is COCCCNC(=O)c1cccc(NC(=O)c2ccc(OCCOC)cc2)c1. The summed E-state index contributed by atoms with van der Waals surface area (Å²) in [5, 5.41) is 5.62. The average Bonchev–Trinajstić information content (AvgIpc) is 2.72. The molecule has 0 radical (unpaired) electrons. The monoisotopic (exact) mass is 386 g/mol. The van der Waals surface area contributed by atoms with E-state index in [0.29, 0.717) is 48.9 Å². The molecule has 0 saturated carbocycles. The normalized spacial score (nSPS) is 10.4. The Kier molecular flexibility index (Phi) is 8.97. The van der Waals surface area contributed by atoms with Crippen molar-refractivity contribution in [3.05, 3.63) is 59.7 Å².